The zero-order valence-corrected chi connectivity index (χ0v) is 27.0. The molecule has 0 aliphatic carbocycles. The molecule has 0 aliphatic heterocycles. The maximum atomic E-state index is 6.27. The first-order chi connectivity index (χ1) is 25.3. The summed E-state index contributed by atoms with van der Waals surface area (Å²) in [6.45, 7) is 0. The molecule has 0 aliphatic rings. The largest absolute Gasteiger partial charge is 0.456 e. The smallest absolute Gasteiger partial charge is 0.164 e. The summed E-state index contributed by atoms with van der Waals surface area (Å²) in [6, 6.07) is 47.6. The molecular formula is C44H25N5O2. The summed E-state index contributed by atoms with van der Waals surface area (Å²) in [5, 5.41) is 6.43. The van der Waals surface area contributed by atoms with E-state index in [1.165, 1.54) is 10.8 Å². The van der Waals surface area contributed by atoms with Crippen LogP contribution < -0.4 is 0 Å². The van der Waals surface area contributed by atoms with Crippen molar-refractivity contribution in [3.05, 3.63) is 152 Å². The molecular weight excluding hydrogens is 631 g/mol. The average Bonchev–Trinajstić information content (AvgIpc) is 3.87. The SMILES string of the molecule is c1cc(-c2nc(-c3ccc4c(c3)oc3ccccc34)nc(-c3cccc4oc5cnccc5c34)n2)cc(-n2c3ccccc3c3ccccc32)c1. The Morgan fingerprint density at radius 2 is 1.08 bits per heavy atom. The van der Waals surface area contributed by atoms with Crippen molar-refractivity contribution in [2.45, 2.75) is 0 Å². The third kappa shape index (κ3) is 4.25. The van der Waals surface area contributed by atoms with Gasteiger partial charge in [-0.1, -0.05) is 84.9 Å². The number of nitrogens with zero attached hydrogens (tertiary/aromatic N) is 5. The van der Waals surface area contributed by atoms with E-state index >= 15 is 0 Å². The lowest BCUT2D eigenvalue weighted by Crippen LogP contribution is -2.01. The van der Waals surface area contributed by atoms with E-state index in [4.69, 9.17) is 23.8 Å². The van der Waals surface area contributed by atoms with E-state index in [0.29, 0.717) is 23.1 Å². The second kappa shape index (κ2) is 10.7. The van der Waals surface area contributed by atoms with Crippen LogP contribution in [0.15, 0.2) is 161 Å². The first kappa shape index (κ1) is 27.8. The van der Waals surface area contributed by atoms with E-state index in [0.717, 1.165) is 71.7 Å². The molecule has 0 spiro atoms. The Morgan fingerprint density at radius 3 is 1.90 bits per heavy atom. The minimum absolute atomic E-state index is 0.547. The van der Waals surface area contributed by atoms with E-state index in [1.807, 2.05) is 48.5 Å². The van der Waals surface area contributed by atoms with Crippen LogP contribution in [0.3, 0.4) is 0 Å². The fourth-order valence-electron chi connectivity index (χ4n) is 7.47. The molecule has 238 valence electrons. The van der Waals surface area contributed by atoms with Crippen molar-refractivity contribution in [1.82, 2.24) is 24.5 Å². The van der Waals surface area contributed by atoms with Gasteiger partial charge < -0.3 is 13.4 Å². The van der Waals surface area contributed by atoms with Gasteiger partial charge in [-0.3, -0.25) is 4.98 Å². The zero-order valence-electron chi connectivity index (χ0n) is 27.0. The molecule has 0 unspecified atom stereocenters. The zero-order chi connectivity index (χ0) is 33.5. The summed E-state index contributed by atoms with van der Waals surface area (Å²) in [5.74, 6) is 1.66. The molecule has 0 amide bonds. The number of benzene rings is 6. The molecule has 0 atom stereocenters. The van der Waals surface area contributed by atoms with Crippen molar-refractivity contribution in [3.8, 4) is 39.9 Å². The highest BCUT2D eigenvalue weighted by atomic mass is 16.3. The maximum absolute atomic E-state index is 6.27. The quantitative estimate of drug-likeness (QED) is 0.188. The predicted octanol–water partition coefficient (Wildman–Crippen LogP) is 11.2. The molecule has 7 heteroatoms. The second-order valence-corrected chi connectivity index (χ2v) is 12.7. The van der Waals surface area contributed by atoms with Crippen molar-refractivity contribution in [2.24, 2.45) is 0 Å². The Hall–Kier alpha value is -7.12. The number of fused-ring (bicyclic) bond motifs is 9. The fraction of sp³-hybridized carbons (Fsp3) is 0. The summed E-state index contributed by atoms with van der Waals surface area (Å²) >= 11 is 0. The topological polar surface area (TPSA) is 82.8 Å². The fourth-order valence-corrected chi connectivity index (χ4v) is 7.47. The van der Waals surface area contributed by atoms with Gasteiger partial charge in [0.15, 0.2) is 23.1 Å². The van der Waals surface area contributed by atoms with Crippen LogP contribution in [0.5, 0.6) is 0 Å². The number of pyridine rings is 1. The first-order valence-electron chi connectivity index (χ1n) is 16.8. The van der Waals surface area contributed by atoms with Gasteiger partial charge in [0.25, 0.3) is 0 Å². The minimum Gasteiger partial charge on any atom is -0.456 e. The second-order valence-electron chi connectivity index (χ2n) is 12.7. The molecule has 7 nitrogen and oxygen atoms in total. The van der Waals surface area contributed by atoms with Crippen LogP contribution in [0.4, 0.5) is 0 Å². The summed E-state index contributed by atoms with van der Waals surface area (Å²) < 4.78 is 14.8. The molecule has 5 heterocycles. The monoisotopic (exact) mass is 655 g/mol. The molecule has 0 fully saturated rings. The van der Waals surface area contributed by atoms with Crippen molar-refractivity contribution >= 4 is 65.7 Å². The maximum Gasteiger partial charge on any atom is 0.164 e. The number of furan rings is 2. The van der Waals surface area contributed by atoms with Gasteiger partial charge in [0, 0.05) is 60.9 Å². The lowest BCUT2D eigenvalue weighted by atomic mass is 10.1. The Morgan fingerprint density at radius 1 is 0.431 bits per heavy atom. The van der Waals surface area contributed by atoms with E-state index in [2.05, 4.69) is 101 Å². The van der Waals surface area contributed by atoms with Gasteiger partial charge in [0.05, 0.1) is 17.2 Å². The molecule has 0 saturated heterocycles. The Bertz CT molecular complexity index is 3120. The number of hydrogen-bond acceptors (Lipinski definition) is 6. The van der Waals surface area contributed by atoms with Gasteiger partial charge in [-0.2, -0.15) is 0 Å². The van der Waals surface area contributed by atoms with Crippen molar-refractivity contribution in [3.63, 3.8) is 0 Å². The van der Waals surface area contributed by atoms with Gasteiger partial charge >= 0.3 is 0 Å². The highest BCUT2D eigenvalue weighted by Gasteiger charge is 2.19. The number of hydrogen-bond donors (Lipinski definition) is 0. The van der Waals surface area contributed by atoms with Crippen LogP contribution in [0.25, 0.3) is 106 Å². The standard InChI is InChI=1S/C44H25N5O2/c1-4-15-35-29(11-1)30-12-2-5-16-36(30)49(35)28-10-7-9-26(23-28)42-46-43(27-19-20-32-31-13-3-6-17-37(31)50-39(32)24-27)48-44(47-42)34-14-8-18-38-41(34)33-21-22-45-25-40(33)51-38/h1-25H. The Balaban J connectivity index is 1.15. The van der Waals surface area contributed by atoms with Crippen LogP contribution >= 0.6 is 0 Å². The van der Waals surface area contributed by atoms with E-state index < -0.39 is 0 Å². The number of aromatic nitrogens is 5. The average molecular weight is 656 g/mol. The first-order valence-corrected chi connectivity index (χ1v) is 16.8. The van der Waals surface area contributed by atoms with Gasteiger partial charge in [-0.15, -0.1) is 0 Å². The number of rotatable bonds is 4. The van der Waals surface area contributed by atoms with Crippen molar-refractivity contribution in [1.29, 1.82) is 0 Å². The lowest BCUT2D eigenvalue weighted by molar-refractivity contribution is 0.667. The minimum atomic E-state index is 0.547. The van der Waals surface area contributed by atoms with Crippen molar-refractivity contribution < 1.29 is 8.83 Å². The molecule has 5 aromatic heterocycles. The summed E-state index contributed by atoms with van der Waals surface area (Å²) in [4.78, 5) is 19.7. The Kier molecular flexibility index (Phi) is 5.83. The van der Waals surface area contributed by atoms with Crippen LogP contribution in [0.2, 0.25) is 0 Å². The van der Waals surface area contributed by atoms with Crippen LogP contribution in [-0.2, 0) is 0 Å². The van der Waals surface area contributed by atoms with E-state index in [1.54, 1.807) is 12.4 Å². The normalized spacial score (nSPS) is 11.9. The molecule has 0 saturated carbocycles. The molecule has 11 aromatic rings. The predicted molar refractivity (Wildman–Crippen MR) is 203 cm³/mol. The molecule has 11 rings (SSSR count). The van der Waals surface area contributed by atoms with Gasteiger partial charge in [-0.25, -0.2) is 15.0 Å². The Labute approximate surface area is 290 Å². The molecule has 0 bridgehead atoms. The third-order valence-corrected chi connectivity index (χ3v) is 9.76. The van der Waals surface area contributed by atoms with Crippen LogP contribution in [0, 0.1) is 0 Å². The highest BCUT2D eigenvalue weighted by Crippen LogP contribution is 2.38. The molecule has 6 aromatic carbocycles. The molecule has 0 radical (unpaired) electrons. The number of para-hydroxylation sites is 3. The lowest BCUT2D eigenvalue weighted by Gasteiger charge is -2.12. The molecule has 0 N–H and O–H groups in total. The highest BCUT2D eigenvalue weighted by molar-refractivity contribution is 6.12. The van der Waals surface area contributed by atoms with Crippen LogP contribution in [-0.4, -0.2) is 24.5 Å². The van der Waals surface area contributed by atoms with Gasteiger partial charge in [0.1, 0.15) is 16.7 Å². The third-order valence-electron chi connectivity index (χ3n) is 9.76. The van der Waals surface area contributed by atoms with Crippen LogP contribution in [0.1, 0.15) is 0 Å². The van der Waals surface area contributed by atoms with Gasteiger partial charge in [0.2, 0.25) is 0 Å². The van der Waals surface area contributed by atoms with Crippen molar-refractivity contribution in [2.75, 3.05) is 0 Å². The van der Waals surface area contributed by atoms with E-state index in [9.17, 15) is 0 Å². The summed E-state index contributed by atoms with van der Waals surface area (Å²) in [5.41, 5.74) is 8.94. The van der Waals surface area contributed by atoms with Gasteiger partial charge in [-0.05, 0) is 54.6 Å². The molecule has 51 heavy (non-hydrogen) atoms. The summed E-state index contributed by atoms with van der Waals surface area (Å²) in [7, 11) is 0. The summed E-state index contributed by atoms with van der Waals surface area (Å²) in [6.07, 6.45) is 3.52. The van der Waals surface area contributed by atoms with E-state index in [-0.39, 0.29) is 0 Å².